The van der Waals surface area contributed by atoms with E-state index in [1.807, 2.05) is 74.6 Å². The minimum absolute atomic E-state index is 0.167. The first-order valence-corrected chi connectivity index (χ1v) is 12.2. The van der Waals surface area contributed by atoms with Crippen LogP contribution in [0.15, 0.2) is 79.0 Å². The maximum absolute atomic E-state index is 12.8. The summed E-state index contributed by atoms with van der Waals surface area (Å²) < 4.78 is 6.07. The normalized spacial score (nSPS) is 13.8. The highest BCUT2D eigenvalue weighted by molar-refractivity contribution is 6.06. The van der Waals surface area contributed by atoms with Gasteiger partial charge in [-0.25, -0.2) is 9.78 Å². The van der Waals surface area contributed by atoms with E-state index in [1.54, 1.807) is 23.2 Å². The van der Waals surface area contributed by atoms with Gasteiger partial charge in [0.1, 0.15) is 17.3 Å². The van der Waals surface area contributed by atoms with E-state index in [0.717, 1.165) is 35.1 Å². The van der Waals surface area contributed by atoms with Crippen molar-refractivity contribution in [3.63, 3.8) is 0 Å². The van der Waals surface area contributed by atoms with Crippen LogP contribution in [0.2, 0.25) is 0 Å². The summed E-state index contributed by atoms with van der Waals surface area (Å²) in [5.74, 6) is 1.42. The minimum Gasteiger partial charge on any atom is -0.457 e. The van der Waals surface area contributed by atoms with Crippen molar-refractivity contribution < 1.29 is 14.3 Å². The van der Waals surface area contributed by atoms with Crippen LogP contribution in [-0.4, -0.2) is 59.9 Å². The van der Waals surface area contributed by atoms with Crippen LogP contribution in [0.25, 0.3) is 10.8 Å². The van der Waals surface area contributed by atoms with Crippen LogP contribution in [-0.2, 0) is 0 Å². The van der Waals surface area contributed by atoms with E-state index < -0.39 is 0 Å². The number of likely N-dealkylation sites (N-methyl/N-ethyl adjacent to an activating group) is 1. The number of aryl methyl sites for hydroxylation is 1. The fourth-order valence-corrected chi connectivity index (χ4v) is 4.23. The lowest BCUT2D eigenvalue weighted by atomic mass is 10.1. The second-order valence-corrected chi connectivity index (χ2v) is 9.25. The average molecular weight is 496 g/mol. The number of anilines is 2. The van der Waals surface area contributed by atoms with Gasteiger partial charge in [-0.2, -0.15) is 0 Å². The first-order valence-electron chi connectivity index (χ1n) is 12.2. The maximum Gasteiger partial charge on any atom is 0.323 e. The number of urea groups is 1. The second kappa shape index (κ2) is 10.7. The van der Waals surface area contributed by atoms with Crippen LogP contribution in [0.3, 0.4) is 0 Å². The topological polar surface area (TPSA) is 86.8 Å². The van der Waals surface area contributed by atoms with Crippen molar-refractivity contribution in [3.8, 4) is 11.5 Å². The lowest BCUT2D eigenvalue weighted by Gasteiger charge is -2.32. The standard InChI is InChI=1S/C29H29N5O3/c1-20-4-3-5-24(16-20)31-28(35)22-7-6-21-8-9-25(18-23(21)17-22)37-26-10-11-30-27(19-26)32-29(36)34-14-12-33(2)13-15-34/h3-11,16-19H,12-15H2,1-2H3,(H,31,35)(H,30,32,36). The molecule has 0 saturated carbocycles. The van der Waals surface area contributed by atoms with Gasteiger partial charge in [-0.3, -0.25) is 10.1 Å². The molecule has 0 unspecified atom stereocenters. The lowest BCUT2D eigenvalue weighted by molar-refractivity contribution is 0.102. The Labute approximate surface area is 215 Å². The number of carbonyl (C=O) groups is 2. The second-order valence-electron chi connectivity index (χ2n) is 9.25. The van der Waals surface area contributed by atoms with E-state index in [0.29, 0.717) is 36.0 Å². The lowest BCUT2D eigenvalue weighted by Crippen LogP contribution is -2.48. The van der Waals surface area contributed by atoms with Crippen molar-refractivity contribution in [2.45, 2.75) is 6.92 Å². The number of rotatable bonds is 5. The zero-order valence-electron chi connectivity index (χ0n) is 20.9. The van der Waals surface area contributed by atoms with E-state index in [9.17, 15) is 9.59 Å². The molecule has 1 saturated heterocycles. The molecule has 8 heteroatoms. The molecule has 1 aliphatic heterocycles. The summed E-state index contributed by atoms with van der Waals surface area (Å²) >= 11 is 0. The Hall–Kier alpha value is -4.43. The highest BCUT2D eigenvalue weighted by Gasteiger charge is 2.19. The molecule has 2 N–H and O–H groups in total. The fraction of sp³-hybridized carbons (Fsp3) is 0.207. The fourth-order valence-electron chi connectivity index (χ4n) is 4.23. The van der Waals surface area contributed by atoms with E-state index in [4.69, 9.17) is 4.74 Å². The highest BCUT2D eigenvalue weighted by Crippen LogP contribution is 2.27. The number of aromatic nitrogens is 1. The number of hydrogen-bond acceptors (Lipinski definition) is 5. The van der Waals surface area contributed by atoms with Gasteiger partial charge in [-0.1, -0.05) is 24.3 Å². The number of amides is 3. The third kappa shape index (κ3) is 6.05. The molecule has 0 spiro atoms. The number of carbonyl (C=O) groups excluding carboxylic acids is 2. The Morgan fingerprint density at radius 3 is 2.43 bits per heavy atom. The highest BCUT2D eigenvalue weighted by atomic mass is 16.5. The van der Waals surface area contributed by atoms with Gasteiger partial charge in [-0.05, 0) is 72.8 Å². The van der Waals surface area contributed by atoms with Gasteiger partial charge in [-0.15, -0.1) is 0 Å². The van der Waals surface area contributed by atoms with Crippen LogP contribution in [0, 0.1) is 6.92 Å². The van der Waals surface area contributed by atoms with Crippen molar-refractivity contribution in [2.24, 2.45) is 0 Å². The molecular weight excluding hydrogens is 466 g/mol. The van der Waals surface area contributed by atoms with Crippen molar-refractivity contribution in [3.05, 3.63) is 90.1 Å². The quantitative estimate of drug-likeness (QED) is 0.389. The molecule has 1 aromatic heterocycles. The van der Waals surface area contributed by atoms with Gasteiger partial charge in [0.25, 0.3) is 5.91 Å². The summed E-state index contributed by atoms with van der Waals surface area (Å²) in [5, 5.41) is 7.68. The first kappa shape index (κ1) is 24.3. The van der Waals surface area contributed by atoms with E-state index >= 15 is 0 Å². The predicted molar refractivity (Wildman–Crippen MR) is 145 cm³/mol. The third-order valence-corrected chi connectivity index (χ3v) is 6.34. The Morgan fingerprint density at radius 2 is 1.62 bits per heavy atom. The molecule has 0 radical (unpaired) electrons. The van der Waals surface area contributed by atoms with Gasteiger partial charge < -0.3 is 19.9 Å². The van der Waals surface area contributed by atoms with E-state index in [1.165, 1.54) is 0 Å². The van der Waals surface area contributed by atoms with E-state index in [2.05, 4.69) is 20.5 Å². The van der Waals surface area contributed by atoms with Gasteiger partial charge in [0.05, 0.1) is 0 Å². The van der Waals surface area contributed by atoms with Crippen LogP contribution < -0.4 is 15.4 Å². The monoisotopic (exact) mass is 495 g/mol. The maximum atomic E-state index is 12.8. The third-order valence-electron chi connectivity index (χ3n) is 6.34. The molecule has 37 heavy (non-hydrogen) atoms. The molecule has 0 aliphatic carbocycles. The van der Waals surface area contributed by atoms with Gasteiger partial charge >= 0.3 is 6.03 Å². The molecule has 2 heterocycles. The molecule has 1 fully saturated rings. The average Bonchev–Trinajstić information content (AvgIpc) is 2.89. The summed E-state index contributed by atoms with van der Waals surface area (Å²) in [6.07, 6.45) is 1.60. The minimum atomic E-state index is -0.173. The molecule has 5 rings (SSSR count). The Kier molecular flexibility index (Phi) is 7.00. The van der Waals surface area contributed by atoms with Gasteiger partial charge in [0, 0.05) is 49.7 Å². The van der Waals surface area contributed by atoms with Crippen molar-refractivity contribution in [2.75, 3.05) is 43.9 Å². The molecule has 0 atom stereocenters. The van der Waals surface area contributed by atoms with Crippen LogP contribution in [0.4, 0.5) is 16.3 Å². The largest absolute Gasteiger partial charge is 0.457 e. The smallest absolute Gasteiger partial charge is 0.323 e. The molecule has 4 aromatic rings. The Morgan fingerprint density at radius 1 is 0.838 bits per heavy atom. The molecule has 8 nitrogen and oxygen atoms in total. The molecule has 0 bridgehead atoms. The van der Waals surface area contributed by atoms with Gasteiger partial charge in [0.15, 0.2) is 0 Å². The summed E-state index contributed by atoms with van der Waals surface area (Å²) in [6.45, 7) is 5.05. The molecular formula is C29H29N5O3. The number of piperazine rings is 1. The molecule has 3 amide bonds. The van der Waals surface area contributed by atoms with E-state index in [-0.39, 0.29) is 11.9 Å². The van der Waals surface area contributed by atoms with Gasteiger partial charge in [0.2, 0.25) is 0 Å². The zero-order chi connectivity index (χ0) is 25.8. The number of ether oxygens (including phenoxy) is 1. The van der Waals surface area contributed by atoms with Crippen molar-refractivity contribution in [1.29, 1.82) is 0 Å². The zero-order valence-corrected chi connectivity index (χ0v) is 20.9. The van der Waals surface area contributed by atoms with Crippen LogP contribution >= 0.6 is 0 Å². The number of pyridine rings is 1. The summed E-state index contributed by atoms with van der Waals surface area (Å²) in [6, 6.07) is 22.3. The molecule has 1 aliphatic rings. The SMILES string of the molecule is Cc1cccc(NC(=O)c2ccc3ccc(Oc4ccnc(NC(=O)N5CCN(C)CC5)c4)cc3c2)c1. The Bertz CT molecular complexity index is 1450. The number of nitrogens with zero attached hydrogens (tertiary/aromatic N) is 3. The Balaban J connectivity index is 1.28. The first-order chi connectivity index (χ1) is 17.9. The predicted octanol–water partition coefficient (Wildman–Crippen LogP) is 5.37. The molecule has 3 aromatic carbocycles. The number of nitrogens with one attached hydrogen (secondary N) is 2. The number of hydrogen-bond donors (Lipinski definition) is 2. The summed E-state index contributed by atoms with van der Waals surface area (Å²) in [4.78, 5) is 33.6. The molecule has 188 valence electrons. The van der Waals surface area contributed by atoms with Crippen molar-refractivity contribution in [1.82, 2.24) is 14.8 Å². The summed E-state index contributed by atoms with van der Waals surface area (Å²) in [5.41, 5.74) is 2.40. The van der Waals surface area contributed by atoms with Crippen molar-refractivity contribution >= 4 is 34.2 Å². The number of fused-ring (bicyclic) bond motifs is 1. The summed E-state index contributed by atoms with van der Waals surface area (Å²) in [7, 11) is 2.05. The number of benzene rings is 3. The van der Waals surface area contributed by atoms with Crippen LogP contribution in [0.1, 0.15) is 15.9 Å². The van der Waals surface area contributed by atoms with Crippen LogP contribution in [0.5, 0.6) is 11.5 Å².